The number of nitrogens with zero attached hydrogens (tertiary/aromatic N) is 1. The number of amides is 1. The Kier molecular flexibility index (Phi) is 5.56. The van der Waals surface area contributed by atoms with Gasteiger partial charge in [-0.15, -0.1) is 11.3 Å². The van der Waals surface area contributed by atoms with Crippen molar-refractivity contribution in [2.24, 2.45) is 5.92 Å². The number of aromatic nitrogens is 1. The van der Waals surface area contributed by atoms with Crippen molar-refractivity contribution >= 4 is 29.0 Å². The molecule has 1 atom stereocenters. The first kappa shape index (κ1) is 16.3. The molecule has 4 nitrogen and oxygen atoms in total. The molecule has 1 aromatic heterocycles. The van der Waals surface area contributed by atoms with Gasteiger partial charge in [0.1, 0.15) is 10.1 Å². The summed E-state index contributed by atoms with van der Waals surface area (Å²) in [5.74, 6) is 2.33. The monoisotopic (exact) mass is 348 g/mol. The number of thiazole rings is 1. The number of benzene rings is 1. The zero-order chi connectivity index (χ0) is 16.1. The van der Waals surface area contributed by atoms with Crippen molar-refractivity contribution in [2.75, 3.05) is 18.9 Å². The zero-order valence-electron chi connectivity index (χ0n) is 13.1. The van der Waals surface area contributed by atoms with Gasteiger partial charge >= 0.3 is 0 Å². The van der Waals surface area contributed by atoms with E-state index in [9.17, 15) is 4.79 Å². The molecule has 2 aromatic rings. The highest BCUT2D eigenvalue weighted by Crippen LogP contribution is 2.26. The molecule has 0 radical (unpaired) electrons. The molecule has 0 spiro atoms. The molecule has 2 heterocycles. The molecule has 0 saturated heterocycles. The summed E-state index contributed by atoms with van der Waals surface area (Å²) < 4.78 is 6.79. The van der Waals surface area contributed by atoms with Crippen LogP contribution in [0.2, 0.25) is 0 Å². The van der Waals surface area contributed by atoms with Crippen molar-refractivity contribution in [1.82, 2.24) is 10.3 Å². The van der Waals surface area contributed by atoms with E-state index in [1.165, 1.54) is 5.56 Å². The van der Waals surface area contributed by atoms with Crippen LogP contribution < -0.4 is 10.1 Å². The van der Waals surface area contributed by atoms with Crippen LogP contribution in [0.5, 0.6) is 5.75 Å². The van der Waals surface area contributed by atoms with Crippen LogP contribution in [0, 0.1) is 5.92 Å². The topological polar surface area (TPSA) is 51.2 Å². The first-order valence-electron chi connectivity index (χ1n) is 7.79. The summed E-state index contributed by atoms with van der Waals surface area (Å²) in [7, 11) is 0. The van der Waals surface area contributed by atoms with Gasteiger partial charge in [0.2, 0.25) is 5.91 Å². The Balaban J connectivity index is 1.46. The van der Waals surface area contributed by atoms with E-state index in [2.05, 4.69) is 23.3 Å². The van der Waals surface area contributed by atoms with E-state index in [0.717, 1.165) is 28.0 Å². The first-order chi connectivity index (χ1) is 11.2. The standard InChI is InChI=1S/C17H20N2O2S2/c1-2-22-17-19-14(11-23-17)8-16(20)18-9-12-7-13-5-3-4-6-15(13)21-10-12/h3-6,11-12H,2,7-10H2,1H3,(H,18,20)/t12-/m0/s1. The maximum absolute atomic E-state index is 12.1. The fraction of sp³-hybridized carbons (Fsp3) is 0.412. The zero-order valence-corrected chi connectivity index (χ0v) is 14.7. The van der Waals surface area contributed by atoms with E-state index in [0.29, 0.717) is 25.5 Å². The number of rotatable bonds is 6. The lowest BCUT2D eigenvalue weighted by Gasteiger charge is -2.25. The number of carbonyl (C=O) groups is 1. The molecule has 122 valence electrons. The van der Waals surface area contributed by atoms with Gasteiger partial charge < -0.3 is 10.1 Å². The van der Waals surface area contributed by atoms with Gasteiger partial charge in [0, 0.05) is 17.8 Å². The van der Waals surface area contributed by atoms with Crippen LogP contribution in [-0.2, 0) is 17.6 Å². The predicted molar refractivity (Wildman–Crippen MR) is 94.4 cm³/mol. The van der Waals surface area contributed by atoms with Gasteiger partial charge in [-0.05, 0) is 23.8 Å². The van der Waals surface area contributed by atoms with Crippen LogP contribution in [0.1, 0.15) is 18.2 Å². The van der Waals surface area contributed by atoms with Gasteiger partial charge in [0.25, 0.3) is 0 Å². The molecule has 1 aliphatic heterocycles. The Morgan fingerprint density at radius 3 is 3.22 bits per heavy atom. The number of fused-ring (bicyclic) bond motifs is 1. The molecule has 0 unspecified atom stereocenters. The van der Waals surface area contributed by atoms with Crippen LogP contribution in [0.4, 0.5) is 0 Å². The summed E-state index contributed by atoms with van der Waals surface area (Å²) in [6.07, 6.45) is 1.30. The Morgan fingerprint density at radius 2 is 2.35 bits per heavy atom. The van der Waals surface area contributed by atoms with Gasteiger partial charge in [-0.3, -0.25) is 4.79 Å². The molecule has 1 amide bonds. The van der Waals surface area contributed by atoms with Gasteiger partial charge in [-0.25, -0.2) is 4.98 Å². The van der Waals surface area contributed by atoms with E-state index in [1.54, 1.807) is 23.1 Å². The molecule has 0 saturated carbocycles. The number of ether oxygens (including phenoxy) is 1. The fourth-order valence-corrected chi connectivity index (χ4v) is 4.31. The maximum atomic E-state index is 12.1. The van der Waals surface area contributed by atoms with Crippen molar-refractivity contribution in [3.63, 3.8) is 0 Å². The Bertz CT molecular complexity index is 672. The van der Waals surface area contributed by atoms with E-state index < -0.39 is 0 Å². The number of carbonyl (C=O) groups excluding carboxylic acids is 1. The molecule has 23 heavy (non-hydrogen) atoms. The average molecular weight is 348 g/mol. The summed E-state index contributed by atoms with van der Waals surface area (Å²) in [5, 5.41) is 4.98. The van der Waals surface area contributed by atoms with Crippen molar-refractivity contribution in [3.8, 4) is 5.75 Å². The second-order valence-electron chi connectivity index (χ2n) is 5.51. The van der Waals surface area contributed by atoms with E-state index in [1.807, 2.05) is 23.6 Å². The number of hydrogen-bond donors (Lipinski definition) is 1. The molecule has 6 heteroatoms. The third-order valence-corrected chi connectivity index (χ3v) is 5.64. The molecule has 1 aromatic carbocycles. The molecule has 0 fully saturated rings. The molecule has 1 aliphatic rings. The van der Waals surface area contributed by atoms with Gasteiger partial charge in [-0.1, -0.05) is 36.9 Å². The maximum Gasteiger partial charge on any atom is 0.226 e. The quantitative estimate of drug-likeness (QED) is 0.815. The summed E-state index contributed by atoms with van der Waals surface area (Å²) >= 11 is 3.32. The van der Waals surface area contributed by atoms with Gasteiger partial charge in [0.05, 0.1) is 18.7 Å². The number of para-hydroxylation sites is 1. The fourth-order valence-electron chi connectivity index (χ4n) is 2.57. The third-order valence-electron chi connectivity index (χ3n) is 3.68. The molecule has 0 bridgehead atoms. The lowest BCUT2D eigenvalue weighted by Crippen LogP contribution is -2.35. The number of nitrogens with one attached hydrogen (secondary N) is 1. The second kappa shape index (κ2) is 7.84. The smallest absolute Gasteiger partial charge is 0.226 e. The van der Waals surface area contributed by atoms with Crippen molar-refractivity contribution in [2.45, 2.75) is 24.1 Å². The summed E-state index contributed by atoms with van der Waals surface area (Å²) in [4.78, 5) is 16.5. The van der Waals surface area contributed by atoms with E-state index in [-0.39, 0.29) is 5.91 Å². The minimum absolute atomic E-state index is 0.0298. The Hall–Kier alpha value is -1.53. The number of hydrogen-bond acceptors (Lipinski definition) is 5. The summed E-state index contributed by atoms with van der Waals surface area (Å²) in [6.45, 7) is 3.40. The van der Waals surface area contributed by atoms with Crippen LogP contribution in [-0.4, -0.2) is 29.8 Å². The molecule has 3 rings (SSSR count). The van der Waals surface area contributed by atoms with E-state index in [4.69, 9.17) is 4.74 Å². The highest BCUT2D eigenvalue weighted by Gasteiger charge is 2.20. The first-order valence-corrected chi connectivity index (χ1v) is 9.65. The Labute approximate surface area is 144 Å². The number of thioether (sulfide) groups is 1. The summed E-state index contributed by atoms with van der Waals surface area (Å²) in [6, 6.07) is 8.10. The second-order valence-corrected chi connectivity index (χ2v) is 7.88. The van der Waals surface area contributed by atoms with Gasteiger partial charge in [0.15, 0.2) is 0 Å². The van der Waals surface area contributed by atoms with Crippen molar-refractivity contribution in [3.05, 3.63) is 40.9 Å². The largest absolute Gasteiger partial charge is 0.493 e. The minimum Gasteiger partial charge on any atom is -0.493 e. The lowest BCUT2D eigenvalue weighted by atomic mass is 9.97. The highest BCUT2D eigenvalue weighted by atomic mass is 32.2. The normalized spacial score (nSPS) is 16.5. The summed E-state index contributed by atoms with van der Waals surface area (Å²) in [5.41, 5.74) is 2.08. The molecular weight excluding hydrogens is 328 g/mol. The molecule has 1 N–H and O–H groups in total. The van der Waals surface area contributed by atoms with Crippen LogP contribution in [0.25, 0.3) is 0 Å². The minimum atomic E-state index is 0.0298. The molecular formula is C17H20N2O2S2. The lowest BCUT2D eigenvalue weighted by molar-refractivity contribution is -0.120. The average Bonchev–Trinajstić information content (AvgIpc) is 3.00. The molecule has 0 aliphatic carbocycles. The van der Waals surface area contributed by atoms with Crippen molar-refractivity contribution < 1.29 is 9.53 Å². The van der Waals surface area contributed by atoms with Crippen LogP contribution in [0.15, 0.2) is 34.0 Å². The Morgan fingerprint density at radius 1 is 1.48 bits per heavy atom. The third kappa shape index (κ3) is 4.48. The van der Waals surface area contributed by atoms with Gasteiger partial charge in [-0.2, -0.15) is 0 Å². The van der Waals surface area contributed by atoms with E-state index >= 15 is 0 Å². The van der Waals surface area contributed by atoms with Crippen molar-refractivity contribution in [1.29, 1.82) is 0 Å². The van der Waals surface area contributed by atoms with Crippen LogP contribution in [0.3, 0.4) is 0 Å². The predicted octanol–water partition coefficient (Wildman–Crippen LogP) is 3.17. The van der Waals surface area contributed by atoms with Crippen LogP contribution >= 0.6 is 23.1 Å². The highest BCUT2D eigenvalue weighted by molar-refractivity contribution is 8.00. The SMILES string of the molecule is CCSc1nc(CC(=O)NC[C@H]2COc3ccccc3C2)cs1.